The Morgan fingerprint density at radius 2 is 1.29 bits per heavy atom. The molecule has 0 aliphatic heterocycles. The maximum absolute atomic E-state index is 14.1. The summed E-state index contributed by atoms with van der Waals surface area (Å²) in [5.41, 5.74) is 12.2. The van der Waals surface area contributed by atoms with Crippen molar-refractivity contribution in [2.75, 3.05) is 11.1 Å². The minimum Gasteiger partial charge on any atom is -0.326 e. The van der Waals surface area contributed by atoms with Gasteiger partial charge in [0, 0.05) is 17.7 Å². The van der Waals surface area contributed by atoms with Crippen LogP contribution < -0.4 is 5.32 Å². The van der Waals surface area contributed by atoms with Crippen molar-refractivity contribution in [1.82, 2.24) is 0 Å². The number of hydrogen-bond donors (Lipinski definition) is 2. The zero-order valence-corrected chi connectivity index (χ0v) is 31.1. The van der Waals surface area contributed by atoms with E-state index in [0.29, 0.717) is 12.0 Å². The lowest BCUT2D eigenvalue weighted by molar-refractivity contribution is -0.117. The molecule has 0 saturated carbocycles. The highest BCUT2D eigenvalue weighted by Gasteiger charge is 2.23. The van der Waals surface area contributed by atoms with Gasteiger partial charge in [0.1, 0.15) is 0 Å². The molecule has 0 fully saturated rings. The number of hydrogen-bond acceptors (Lipinski definition) is 4. The van der Waals surface area contributed by atoms with Gasteiger partial charge in [0.15, 0.2) is 5.78 Å². The maximum atomic E-state index is 14.1. The first kappa shape index (κ1) is 37.4. The molecular formula is C44H47NO5S. The Kier molecular flexibility index (Phi) is 11.4. The van der Waals surface area contributed by atoms with Gasteiger partial charge in [0.05, 0.1) is 11.7 Å². The van der Waals surface area contributed by atoms with E-state index in [2.05, 4.69) is 108 Å². The summed E-state index contributed by atoms with van der Waals surface area (Å²) >= 11 is 0. The second kappa shape index (κ2) is 15.6. The van der Waals surface area contributed by atoms with Gasteiger partial charge in [-0.15, -0.1) is 0 Å². The molecule has 51 heavy (non-hydrogen) atoms. The second-order valence-corrected chi connectivity index (χ2v) is 16.1. The zero-order chi connectivity index (χ0) is 36.9. The summed E-state index contributed by atoms with van der Waals surface area (Å²) in [4.78, 5) is 26.7. The molecule has 0 aromatic heterocycles. The molecule has 7 heteroatoms. The summed E-state index contributed by atoms with van der Waals surface area (Å²) in [6, 6.07) is 36.3. The summed E-state index contributed by atoms with van der Waals surface area (Å²) in [6.07, 6.45) is 0.461. The summed E-state index contributed by atoms with van der Waals surface area (Å²) in [6.45, 7) is 12.8. The van der Waals surface area contributed by atoms with Crippen LogP contribution in [0.2, 0.25) is 0 Å². The van der Waals surface area contributed by atoms with Gasteiger partial charge < -0.3 is 5.32 Å². The van der Waals surface area contributed by atoms with E-state index in [-0.39, 0.29) is 29.9 Å². The largest absolute Gasteiger partial charge is 0.326 e. The monoisotopic (exact) mass is 701 g/mol. The molecule has 2 N–H and O–H groups in total. The number of ketones is 1. The highest BCUT2D eigenvalue weighted by atomic mass is 32.2. The normalized spacial score (nSPS) is 12.4. The Morgan fingerprint density at radius 3 is 1.84 bits per heavy atom. The maximum Gasteiger partial charge on any atom is 0.264 e. The minimum absolute atomic E-state index is 0.0110. The standard InChI is InChI=1S/C44H47NO5S/c1-29-9-23-39(30(2)26-29)40-24-22-38(27-31(40)3)45-43(47)41(28-32-10-12-36(13-11-32)42(46)8-7-25-51(48,49)50)35-16-14-33(15-17-35)34-18-20-37(21-19-34)44(4,5)6/h9-24,26-27,41H,7-8,25,28H2,1-6H3,(H,45,47)(H,48,49,50). The number of anilines is 1. The SMILES string of the molecule is Cc1ccc(-c2ccc(NC(=O)C(Cc3ccc(C(=O)CCCS(=O)(=O)O)cc3)c3ccc(-c4ccc(C(C)(C)C)cc4)cc3)cc2C)c(C)c1. The molecule has 1 amide bonds. The van der Waals surface area contributed by atoms with E-state index in [0.717, 1.165) is 39.1 Å². The van der Waals surface area contributed by atoms with Gasteiger partial charge in [0.2, 0.25) is 5.91 Å². The fourth-order valence-corrected chi connectivity index (χ4v) is 6.95. The molecule has 264 valence electrons. The second-order valence-electron chi connectivity index (χ2n) is 14.6. The van der Waals surface area contributed by atoms with Crippen LogP contribution >= 0.6 is 0 Å². The predicted octanol–water partition coefficient (Wildman–Crippen LogP) is 10.1. The Labute approximate surface area is 302 Å². The third-order valence-electron chi connectivity index (χ3n) is 9.40. The van der Waals surface area contributed by atoms with Crippen LogP contribution in [0.3, 0.4) is 0 Å². The molecule has 0 saturated heterocycles. The lowest BCUT2D eigenvalue weighted by atomic mass is 9.86. The zero-order valence-electron chi connectivity index (χ0n) is 30.3. The van der Waals surface area contributed by atoms with Crippen molar-refractivity contribution < 1.29 is 22.6 Å². The van der Waals surface area contributed by atoms with Crippen LogP contribution in [0.5, 0.6) is 0 Å². The van der Waals surface area contributed by atoms with Gasteiger partial charge in [-0.3, -0.25) is 14.1 Å². The number of carbonyl (C=O) groups excluding carboxylic acids is 2. The number of rotatable bonds is 12. The molecule has 5 aromatic carbocycles. The van der Waals surface area contributed by atoms with Crippen LogP contribution in [0.15, 0.2) is 109 Å². The first-order chi connectivity index (χ1) is 24.1. The van der Waals surface area contributed by atoms with Crippen LogP contribution in [0.1, 0.15) is 83.3 Å². The van der Waals surface area contributed by atoms with Gasteiger partial charge in [-0.2, -0.15) is 8.42 Å². The van der Waals surface area contributed by atoms with Crippen molar-refractivity contribution in [1.29, 1.82) is 0 Å². The minimum atomic E-state index is -4.12. The average Bonchev–Trinajstić information content (AvgIpc) is 3.07. The van der Waals surface area contributed by atoms with Gasteiger partial charge in [-0.05, 0) is 101 Å². The molecule has 0 heterocycles. The fourth-order valence-electron chi connectivity index (χ4n) is 6.44. The molecule has 0 radical (unpaired) electrons. The quantitative estimate of drug-likeness (QED) is 0.0996. The summed E-state index contributed by atoms with van der Waals surface area (Å²) < 4.78 is 31.1. The first-order valence-corrected chi connectivity index (χ1v) is 19.0. The molecule has 5 rings (SSSR count). The van der Waals surface area contributed by atoms with Gasteiger partial charge in [0.25, 0.3) is 10.1 Å². The molecular weight excluding hydrogens is 655 g/mol. The molecule has 0 aliphatic carbocycles. The predicted molar refractivity (Wildman–Crippen MR) is 208 cm³/mol. The van der Waals surface area contributed by atoms with E-state index in [1.807, 2.05) is 36.4 Å². The molecule has 0 spiro atoms. The molecule has 6 nitrogen and oxygen atoms in total. The Bertz CT molecular complexity index is 2130. The number of nitrogens with one attached hydrogen (secondary N) is 1. The lowest BCUT2D eigenvalue weighted by Crippen LogP contribution is -2.23. The van der Waals surface area contributed by atoms with Crippen molar-refractivity contribution >= 4 is 27.5 Å². The van der Waals surface area contributed by atoms with Gasteiger partial charge in [-0.25, -0.2) is 0 Å². The fraction of sp³-hybridized carbons (Fsp3) is 0.273. The van der Waals surface area contributed by atoms with Crippen molar-refractivity contribution in [2.45, 2.75) is 72.1 Å². The van der Waals surface area contributed by atoms with E-state index in [1.54, 1.807) is 12.1 Å². The van der Waals surface area contributed by atoms with E-state index < -0.39 is 21.8 Å². The summed E-state index contributed by atoms with van der Waals surface area (Å²) in [7, 11) is -4.12. The number of benzene rings is 5. The smallest absolute Gasteiger partial charge is 0.264 e. The number of amides is 1. The number of aryl methyl sites for hydroxylation is 3. The molecule has 1 unspecified atom stereocenters. The molecule has 5 aromatic rings. The number of carbonyl (C=O) groups is 2. The van der Waals surface area contributed by atoms with Crippen LogP contribution in [0.25, 0.3) is 22.3 Å². The van der Waals surface area contributed by atoms with Crippen molar-refractivity contribution in [3.63, 3.8) is 0 Å². The van der Waals surface area contributed by atoms with E-state index in [4.69, 9.17) is 4.55 Å². The van der Waals surface area contributed by atoms with Gasteiger partial charge in [-0.1, -0.05) is 123 Å². The molecule has 0 aliphatic rings. The topological polar surface area (TPSA) is 101 Å². The van der Waals surface area contributed by atoms with Crippen molar-refractivity contribution in [3.8, 4) is 22.3 Å². The van der Waals surface area contributed by atoms with E-state index >= 15 is 0 Å². The van der Waals surface area contributed by atoms with Crippen LogP contribution in [-0.4, -0.2) is 30.4 Å². The highest BCUT2D eigenvalue weighted by Crippen LogP contribution is 2.32. The van der Waals surface area contributed by atoms with Gasteiger partial charge >= 0.3 is 0 Å². The highest BCUT2D eigenvalue weighted by molar-refractivity contribution is 7.85. The Balaban J connectivity index is 1.39. The first-order valence-electron chi connectivity index (χ1n) is 17.3. The molecule has 0 bridgehead atoms. The summed E-state index contributed by atoms with van der Waals surface area (Å²) in [5, 5.41) is 3.17. The van der Waals surface area contributed by atoms with Crippen molar-refractivity contribution in [3.05, 3.63) is 148 Å². The average molecular weight is 702 g/mol. The Hall–Kier alpha value is -4.85. The molecule has 1 atom stereocenters. The van der Waals surface area contributed by atoms with E-state index in [1.165, 1.54) is 22.3 Å². The van der Waals surface area contributed by atoms with Crippen molar-refractivity contribution in [2.24, 2.45) is 0 Å². The third kappa shape index (κ3) is 9.90. The van der Waals surface area contributed by atoms with Crippen LogP contribution in [-0.2, 0) is 26.7 Å². The lowest BCUT2D eigenvalue weighted by Gasteiger charge is -2.20. The third-order valence-corrected chi connectivity index (χ3v) is 10.2. The van der Waals surface area contributed by atoms with Crippen LogP contribution in [0.4, 0.5) is 5.69 Å². The van der Waals surface area contributed by atoms with Crippen LogP contribution in [0, 0.1) is 20.8 Å². The number of Topliss-reactive ketones (excluding diaryl/α,β-unsaturated/α-hetero) is 1. The van der Waals surface area contributed by atoms with E-state index in [9.17, 15) is 18.0 Å². The summed E-state index contributed by atoms with van der Waals surface area (Å²) in [5.74, 6) is -1.31. The Morgan fingerprint density at radius 1 is 0.725 bits per heavy atom.